The monoisotopic (exact) mass is 462 g/mol. The van der Waals surface area contributed by atoms with Crippen molar-refractivity contribution in [3.63, 3.8) is 0 Å². The summed E-state index contributed by atoms with van der Waals surface area (Å²) in [5.41, 5.74) is 2.81. The van der Waals surface area contributed by atoms with Crippen molar-refractivity contribution in [3.05, 3.63) is 101 Å². The van der Waals surface area contributed by atoms with Gasteiger partial charge in [-0.1, -0.05) is 61.2 Å². The first-order chi connectivity index (χ1) is 16.5. The van der Waals surface area contributed by atoms with Gasteiger partial charge >= 0.3 is 0 Å². The van der Waals surface area contributed by atoms with Crippen LogP contribution in [0, 0.1) is 23.4 Å². The zero-order chi connectivity index (χ0) is 24.1. The van der Waals surface area contributed by atoms with Crippen LogP contribution in [0.25, 0.3) is 23.3 Å². The summed E-state index contributed by atoms with van der Waals surface area (Å²) in [6, 6.07) is 15.5. The van der Waals surface area contributed by atoms with E-state index < -0.39 is 11.6 Å². The second-order valence-corrected chi connectivity index (χ2v) is 8.74. The molecule has 0 amide bonds. The van der Waals surface area contributed by atoms with Crippen LogP contribution < -0.4 is 4.74 Å². The van der Waals surface area contributed by atoms with E-state index in [0.717, 1.165) is 31.2 Å². The molecule has 0 radical (unpaired) electrons. The Labute approximate surface area is 199 Å². The molecule has 3 aromatic carbocycles. The lowest BCUT2D eigenvalue weighted by Crippen LogP contribution is -2.13. The summed E-state index contributed by atoms with van der Waals surface area (Å²) >= 11 is 0. The molecule has 176 valence electrons. The summed E-state index contributed by atoms with van der Waals surface area (Å²) in [4.78, 5) is 0. The minimum absolute atomic E-state index is 0.0152. The van der Waals surface area contributed by atoms with Crippen LogP contribution >= 0.6 is 0 Å². The van der Waals surface area contributed by atoms with Gasteiger partial charge in [0.15, 0.2) is 11.6 Å². The van der Waals surface area contributed by atoms with Crippen molar-refractivity contribution in [1.82, 2.24) is 0 Å². The average molecular weight is 463 g/mol. The van der Waals surface area contributed by atoms with Crippen molar-refractivity contribution in [3.8, 4) is 16.9 Å². The van der Waals surface area contributed by atoms with Crippen molar-refractivity contribution < 1.29 is 17.9 Å². The Morgan fingerprint density at radius 2 is 1.65 bits per heavy atom. The van der Waals surface area contributed by atoms with Crippen molar-refractivity contribution in [2.75, 3.05) is 6.61 Å². The number of hydrogen-bond donors (Lipinski definition) is 0. The fourth-order valence-electron chi connectivity index (χ4n) is 4.66. The minimum atomic E-state index is -0.795. The van der Waals surface area contributed by atoms with Gasteiger partial charge in [-0.05, 0) is 73.3 Å². The van der Waals surface area contributed by atoms with Crippen LogP contribution in [-0.2, 0) is 0 Å². The summed E-state index contributed by atoms with van der Waals surface area (Å²) < 4.78 is 49.6. The predicted molar refractivity (Wildman–Crippen MR) is 133 cm³/mol. The number of rotatable bonds is 7. The van der Waals surface area contributed by atoms with Gasteiger partial charge in [0, 0.05) is 17.2 Å². The molecule has 0 N–H and O–H groups in total. The number of ether oxygens (including phenoxy) is 1. The van der Waals surface area contributed by atoms with E-state index in [1.54, 1.807) is 42.5 Å². The normalized spacial score (nSPS) is 18.2. The molecule has 1 aliphatic rings. The molecule has 1 saturated carbocycles. The van der Waals surface area contributed by atoms with E-state index in [0.29, 0.717) is 29.0 Å². The van der Waals surface area contributed by atoms with E-state index in [4.69, 9.17) is 4.74 Å². The van der Waals surface area contributed by atoms with Crippen molar-refractivity contribution in [1.29, 1.82) is 0 Å². The van der Waals surface area contributed by atoms with Gasteiger partial charge in [-0.15, -0.1) is 0 Å². The lowest BCUT2D eigenvalue weighted by molar-refractivity contribution is 0.338. The standard InChI is InChI=1S/C30H29F3O/c1-3-20-5-10-22(11-6-20)26-17-18-27(30(33)29(26)32)23-12-7-21(8-13-23)9-14-24-15-16-25(34-4-2)19-28(24)31/h3,5-6,9-11,14-19,21,23H,1,4,7-8,12-13H2,2H3. The Balaban J connectivity index is 1.41. The van der Waals surface area contributed by atoms with Gasteiger partial charge < -0.3 is 4.74 Å². The number of benzene rings is 3. The molecule has 0 atom stereocenters. The molecule has 0 spiro atoms. The highest BCUT2D eigenvalue weighted by Crippen LogP contribution is 2.39. The molecule has 0 unspecified atom stereocenters. The highest BCUT2D eigenvalue weighted by Gasteiger charge is 2.25. The number of halogens is 3. The molecule has 0 aliphatic heterocycles. The predicted octanol–water partition coefficient (Wildman–Crippen LogP) is 8.80. The highest BCUT2D eigenvalue weighted by atomic mass is 19.2. The number of allylic oxidation sites excluding steroid dienone is 1. The van der Waals surface area contributed by atoms with Crippen LogP contribution in [0.2, 0.25) is 0 Å². The molecule has 3 aromatic rings. The maximum Gasteiger partial charge on any atom is 0.166 e. The maximum absolute atomic E-state index is 15.0. The fraction of sp³-hybridized carbons (Fsp3) is 0.267. The zero-order valence-corrected chi connectivity index (χ0v) is 19.4. The van der Waals surface area contributed by atoms with Crippen LogP contribution in [0.4, 0.5) is 13.2 Å². The average Bonchev–Trinajstić information content (AvgIpc) is 2.86. The van der Waals surface area contributed by atoms with Crippen molar-refractivity contribution in [2.24, 2.45) is 5.92 Å². The summed E-state index contributed by atoms with van der Waals surface area (Å²) in [5, 5.41) is 0. The van der Waals surface area contributed by atoms with Gasteiger partial charge in [0.2, 0.25) is 0 Å². The topological polar surface area (TPSA) is 9.23 Å². The molecule has 34 heavy (non-hydrogen) atoms. The Bertz CT molecular complexity index is 1170. The van der Waals surface area contributed by atoms with E-state index in [1.807, 2.05) is 31.2 Å². The van der Waals surface area contributed by atoms with Crippen molar-refractivity contribution in [2.45, 2.75) is 38.5 Å². The summed E-state index contributed by atoms with van der Waals surface area (Å²) in [7, 11) is 0. The lowest BCUT2D eigenvalue weighted by atomic mass is 9.78. The van der Waals surface area contributed by atoms with Crippen molar-refractivity contribution >= 4 is 12.2 Å². The summed E-state index contributed by atoms with van der Waals surface area (Å²) in [5.74, 6) is -1.06. The second-order valence-electron chi connectivity index (χ2n) is 8.74. The molecule has 1 fully saturated rings. The van der Waals surface area contributed by atoms with E-state index >= 15 is 4.39 Å². The zero-order valence-electron chi connectivity index (χ0n) is 19.4. The van der Waals surface area contributed by atoms with Gasteiger partial charge in [0.1, 0.15) is 11.6 Å². The molecule has 1 aliphatic carbocycles. The first-order valence-corrected chi connectivity index (χ1v) is 11.8. The molecule has 1 nitrogen and oxygen atoms in total. The molecular formula is C30H29F3O. The van der Waals surface area contributed by atoms with E-state index in [-0.39, 0.29) is 23.2 Å². The Hall–Kier alpha value is -3.27. The summed E-state index contributed by atoms with van der Waals surface area (Å²) in [6.45, 7) is 6.07. The SMILES string of the molecule is C=Cc1ccc(-c2ccc(C3CCC(C=Cc4ccc(OCC)cc4F)CC3)c(F)c2F)cc1. The molecule has 0 saturated heterocycles. The third-order valence-corrected chi connectivity index (χ3v) is 6.61. The number of hydrogen-bond acceptors (Lipinski definition) is 1. The van der Waals surface area contributed by atoms with Crippen LogP contribution in [0.3, 0.4) is 0 Å². The van der Waals surface area contributed by atoms with Gasteiger partial charge in [-0.2, -0.15) is 0 Å². The van der Waals surface area contributed by atoms with Gasteiger partial charge in [-0.25, -0.2) is 13.2 Å². The first kappa shape index (κ1) is 23.9. The van der Waals surface area contributed by atoms with E-state index in [9.17, 15) is 8.78 Å². The van der Waals surface area contributed by atoms with Gasteiger partial charge in [-0.3, -0.25) is 0 Å². The third kappa shape index (κ3) is 5.27. The van der Waals surface area contributed by atoms with Crippen LogP contribution in [0.15, 0.2) is 67.3 Å². The third-order valence-electron chi connectivity index (χ3n) is 6.61. The van der Waals surface area contributed by atoms with E-state index in [2.05, 4.69) is 6.58 Å². The van der Waals surface area contributed by atoms with Gasteiger partial charge in [0.05, 0.1) is 6.61 Å². The van der Waals surface area contributed by atoms with Crippen LogP contribution in [0.5, 0.6) is 5.75 Å². The fourth-order valence-corrected chi connectivity index (χ4v) is 4.66. The second kappa shape index (κ2) is 10.8. The first-order valence-electron chi connectivity index (χ1n) is 11.8. The molecule has 4 rings (SSSR count). The minimum Gasteiger partial charge on any atom is -0.494 e. The molecule has 4 heteroatoms. The summed E-state index contributed by atoms with van der Waals surface area (Å²) in [6.07, 6.45) is 8.79. The smallest absolute Gasteiger partial charge is 0.166 e. The van der Waals surface area contributed by atoms with Crippen LogP contribution in [-0.4, -0.2) is 6.61 Å². The van der Waals surface area contributed by atoms with Crippen LogP contribution in [0.1, 0.15) is 55.2 Å². The van der Waals surface area contributed by atoms with E-state index in [1.165, 1.54) is 6.07 Å². The quantitative estimate of drug-likeness (QED) is 0.341. The molecule has 0 aromatic heterocycles. The lowest BCUT2D eigenvalue weighted by Gasteiger charge is -2.27. The Morgan fingerprint density at radius 1 is 0.912 bits per heavy atom. The molecular weight excluding hydrogens is 433 g/mol. The molecule has 0 bridgehead atoms. The Kier molecular flexibility index (Phi) is 7.56. The highest BCUT2D eigenvalue weighted by molar-refractivity contribution is 5.66. The largest absolute Gasteiger partial charge is 0.494 e. The molecule has 0 heterocycles. The Morgan fingerprint density at radius 3 is 2.29 bits per heavy atom. The van der Waals surface area contributed by atoms with Gasteiger partial charge in [0.25, 0.3) is 0 Å². The maximum atomic E-state index is 15.0.